The molecular formula is C11H15F3S. The molecular weight excluding hydrogens is 221 g/mol. The van der Waals surface area contributed by atoms with E-state index in [0.29, 0.717) is 0 Å². The first-order valence-corrected chi connectivity index (χ1v) is 6.13. The van der Waals surface area contributed by atoms with E-state index in [9.17, 15) is 11.7 Å². The minimum absolute atomic E-state index is 0.0561. The van der Waals surface area contributed by atoms with Gasteiger partial charge in [0.15, 0.2) is 0 Å². The quantitative estimate of drug-likeness (QED) is 0.677. The van der Waals surface area contributed by atoms with Gasteiger partial charge in [-0.25, -0.2) is 0 Å². The molecule has 1 aromatic carbocycles. The number of hydrogen-bond donors (Lipinski definition) is 0. The standard InChI is InChI=1S/C11H15F3S/c1-4-11(2,3)9-5-7-10(8-6-9)15(12,13)14/h5-8H,4H2,1-3H3. The van der Waals surface area contributed by atoms with Crippen molar-refractivity contribution >= 4 is 11.2 Å². The van der Waals surface area contributed by atoms with Crippen molar-refractivity contribution in [1.29, 1.82) is 0 Å². The van der Waals surface area contributed by atoms with Gasteiger partial charge in [0.2, 0.25) is 11.2 Å². The van der Waals surface area contributed by atoms with Gasteiger partial charge in [-0.1, -0.05) is 32.9 Å². The highest BCUT2D eigenvalue weighted by atomic mass is 32.3. The molecule has 0 aromatic heterocycles. The van der Waals surface area contributed by atoms with Crippen molar-refractivity contribution in [1.82, 2.24) is 0 Å². The van der Waals surface area contributed by atoms with E-state index in [4.69, 9.17) is 0 Å². The van der Waals surface area contributed by atoms with Crippen LogP contribution in [0.2, 0.25) is 0 Å². The molecule has 0 unspecified atom stereocenters. The molecule has 0 N–H and O–H groups in total. The summed E-state index contributed by atoms with van der Waals surface area (Å²) in [6, 6.07) is 5.53. The molecule has 0 bridgehead atoms. The maximum absolute atomic E-state index is 12.4. The van der Waals surface area contributed by atoms with Gasteiger partial charge in [0, 0.05) is 0 Å². The Bertz CT molecular complexity index is 325. The molecule has 0 aliphatic carbocycles. The van der Waals surface area contributed by atoms with Crippen LogP contribution in [-0.2, 0) is 5.41 Å². The normalized spacial score (nSPS) is 14.0. The van der Waals surface area contributed by atoms with Crippen LogP contribution in [-0.4, -0.2) is 0 Å². The smallest absolute Gasteiger partial charge is 0.120 e. The lowest BCUT2D eigenvalue weighted by Gasteiger charge is -2.23. The van der Waals surface area contributed by atoms with E-state index in [1.807, 2.05) is 20.8 Å². The van der Waals surface area contributed by atoms with Crippen molar-refractivity contribution in [2.45, 2.75) is 37.5 Å². The van der Waals surface area contributed by atoms with Gasteiger partial charge in [0.1, 0.15) is 0 Å². The van der Waals surface area contributed by atoms with Crippen molar-refractivity contribution in [3.8, 4) is 0 Å². The zero-order valence-electron chi connectivity index (χ0n) is 9.06. The van der Waals surface area contributed by atoms with Gasteiger partial charge >= 0.3 is 0 Å². The van der Waals surface area contributed by atoms with Crippen molar-refractivity contribution in [3.63, 3.8) is 0 Å². The van der Waals surface area contributed by atoms with E-state index in [2.05, 4.69) is 0 Å². The van der Waals surface area contributed by atoms with Crippen LogP contribution in [0.3, 0.4) is 0 Å². The Balaban J connectivity index is 3.01. The summed E-state index contributed by atoms with van der Waals surface area (Å²) in [5, 5.41) is 0. The fourth-order valence-electron chi connectivity index (χ4n) is 1.26. The van der Waals surface area contributed by atoms with Gasteiger partial charge in [-0.2, -0.15) is 0 Å². The Morgan fingerprint density at radius 1 is 1.07 bits per heavy atom. The predicted octanol–water partition coefficient (Wildman–Crippen LogP) is 5.19. The molecule has 0 heterocycles. The minimum Gasteiger partial charge on any atom is -0.120 e. The van der Waals surface area contributed by atoms with Crippen LogP contribution in [0.25, 0.3) is 0 Å². The maximum atomic E-state index is 12.4. The zero-order valence-corrected chi connectivity index (χ0v) is 9.88. The molecule has 0 spiro atoms. The van der Waals surface area contributed by atoms with Crippen LogP contribution in [0.1, 0.15) is 32.8 Å². The van der Waals surface area contributed by atoms with Crippen LogP contribution in [0.15, 0.2) is 29.2 Å². The third-order valence-electron chi connectivity index (χ3n) is 2.79. The molecule has 0 fully saturated rings. The Hall–Kier alpha value is -0.640. The Labute approximate surface area is 90.7 Å². The maximum Gasteiger partial charge on any atom is 0.237 e. The molecule has 1 aromatic rings. The number of halogens is 3. The highest BCUT2D eigenvalue weighted by molar-refractivity contribution is 8.20. The van der Waals surface area contributed by atoms with Crippen LogP contribution in [0, 0.1) is 0 Å². The summed E-state index contributed by atoms with van der Waals surface area (Å²) in [5.41, 5.74) is 0.900. The van der Waals surface area contributed by atoms with Crippen LogP contribution in [0.5, 0.6) is 0 Å². The SMILES string of the molecule is CCC(C)(C)c1ccc(S(F)(F)F)cc1. The fourth-order valence-corrected chi connectivity index (χ4v) is 1.71. The first kappa shape index (κ1) is 12.4. The molecule has 0 amide bonds. The van der Waals surface area contributed by atoms with Gasteiger partial charge in [0.25, 0.3) is 0 Å². The summed E-state index contributed by atoms with van der Waals surface area (Å²) in [6.07, 6.45) is 0.908. The summed E-state index contributed by atoms with van der Waals surface area (Å²) >= 11 is -5.07. The van der Waals surface area contributed by atoms with Gasteiger partial charge in [-0.3, -0.25) is 0 Å². The van der Waals surface area contributed by atoms with E-state index in [1.54, 1.807) is 12.1 Å². The molecule has 0 radical (unpaired) electrons. The molecule has 86 valence electrons. The monoisotopic (exact) mass is 236 g/mol. The topological polar surface area (TPSA) is 0 Å². The summed E-state index contributed by atoms with van der Waals surface area (Å²) in [5.74, 6) is 0. The first-order valence-electron chi connectivity index (χ1n) is 4.80. The average molecular weight is 236 g/mol. The highest BCUT2D eigenvalue weighted by Crippen LogP contribution is 2.60. The summed E-state index contributed by atoms with van der Waals surface area (Å²) in [6.45, 7) is 6.09. The lowest BCUT2D eigenvalue weighted by atomic mass is 9.82. The van der Waals surface area contributed by atoms with E-state index in [0.717, 1.165) is 12.0 Å². The van der Waals surface area contributed by atoms with Crippen molar-refractivity contribution < 1.29 is 11.7 Å². The lowest BCUT2D eigenvalue weighted by Crippen LogP contribution is -2.15. The van der Waals surface area contributed by atoms with Crippen molar-refractivity contribution in [2.24, 2.45) is 0 Å². The van der Waals surface area contributed by atoms with Crippen LogP contribution >= 0.6 is 11.2 Å². The van der Waals surface area contributed by atoms with Gasteiger partial charge in [-0.05, 0) is 29.5 Å². The summed E-state index contributed by atoms with van der Waals surface area (Å²) in [4.78, 5) is -0.502. The van der Waals surface area contributed by atoms with E-state index >= 15 is 0 Å². The largest absolute Gasteiger partial charge is 0.237 e. The molecule has 0 aliphatic rings. The summed E-state index contributed by atoms with van der Waals surface area (Å²) in [7, 11) is 0. The number of benzene rings is 1. The average Bonchev–Trinajstić information content (AvgIpc) is 2.17. The third kappa shape index (κ3) is 2.91. The van der Waals surface area contributed by atoms with Crippen LogP contribution < -0.4 is 0 Å². The van der Waals surface area contributed by atoms with Crippen LogP contribution in [0.4, 0.5) is 11.7 Å². The Morgan fingerprint density at radius 2 is 1.53 bits per heavy atom. The second-order valence-electron chi connectivity index (χ2n) is 4.17. The van der Waals surface area contributed by atoms with E-state index in [1.165, 1.54) is 12.1 Å². The van der Waals surface area contributed by atoms with Gasteiger partial charge in [-0.15, -0.1) is 11.7 Å². The number of rotatable bonds is 3. The second-order valence-corrected chi connectivity index (χ2v) is 5.45. The van der Waals surface area contributed by atoms with Crippen molar-refractivity contribution in [3.05, 3.63) is 29.8 Å². The van der Waals surface area contributed by atoms with E-state index in [-0.39, 0.29) is 5.41 Å². The lowest BCUT2D eigenvalue weighted by molar-refractivity contribution is 0.505. The second kappa shape index (κ2) is 4.08. The molecule has 0 atom stereocenters. The predicted molar refractivity (Wildman–Crippen MR) is 58.9 cm³/mol. The summed E-state index contributed by atoms with van der Waals surface area (Å²) < 4.78 is 37.1. The van der Waals surface area contributed by atoms with Gasteiger partial charge < -0.3 is 0 Å². The van der Waals surface area contributed by atoms with Gasteiger partial charge in [0.05, 0.1) is 4.90 Å². The molecule has 1 rings (SSSR count). The molecule has 0 nitrogen and oxygen atoms in total. The highest BCUT2D eigenvalue weighted by Gasteiger charge is 2.25. The first-order chi connectivity index (χ1) is 6.77. The minimum atomic E-state index is -5.07. The molecule has 0 saturated carbocycles. The fraction of sp³-hybridized carbons (Fsp3) is 0.455. The number of hydrogen-bond acceptors (Lipinski definition) is 0. The zero-order chi connectivity index (χ0) is 11.7. The molecule has 4 heteroatoms. The Kier molecular flexibility index (Phi) is 3.38. The Morgan fingerprint density at radius 3 is 1.87 bits per heavy atom. The van der Waals surface area contributed by atoms with E-state index < -0.39 is 16.1 Å². The molecule has 15 heavy (non-hydrogen) atoms. The molecule has 0 aliphatic heterocycles. The third-order valence-corrected chi connectivity index (χ3v) is 3.59. The van der Waals surface area contributed by atoms with Crippen molar-refractivity contribution in [2.75, 3.05) is 0 Å². The molecule has 0 saturated heterocycles.